The molecule has 5 rings (SSSR count). The van der Waals surface area contributed by atoms with Gasteiger partial charge in [0, 0.05) is 11.1 Å². The summed E-state index contributed by atoms with van der Waals surface area (Å²) in [4.78, 5) is 0. The van der Waals surface area contributed by atoms with Gasteiger partial charge in [-0.2, -0.15) is 0 Å². The predicted molar refractivity (Wildman–Crippen MR) is 128 cm³/mol. The molecule has 0 spiro atoms. The summed E-state index contributed by atoms with van der Waals surface area (Å²) in [5, 5.41) is 9.77. The van der Waals surface area contributed by atoms with E-state index in [0.29, 0.717) is 23.5 Å². The number of benzene rings is 3. The number of epoxide rings is 1. The second-order valence-electron chi connectivity index (χ2n) is 9.67. The standard InChI is InChI=1S/C29H29F3O3/c1-17(33)18-2-4-20(5-3-18)24-12-9-22(28(31)29(24)32)15-34-23-10-6-19(7-11-23)21-8-13-25(26(30)14-21)27-16-35-27/h6-14,17-18,20,27,33H,2-5,15-16H2,1H3. The van der Waals surface area contributed by atoms with E-state index in [9.17, 15) is 18.3 Å². The van der Waals surface area contributed by atoms with Crippen LogP contribution >= 0.6 is 0 Å². The minimum absolute atomic E-state index is 0.0299. The molecule has 1 saturated carbocycles. The fourth-order valence-corrected chi connectivity index (χ4v) is 5.04. The predicted octanol–water partition coefficient (Wildman–Crippen LogP) is 7.08. The van der Waals surface area contributed by atoms with E-state index in [0.717, 1.165) is 36.8 Å². The maximum Gasteiger partial charge on any atom is 0.165 e. The van der Waals surface area contributed by atoms with Crippen LogP contribution in [0.5, 0.6) is 5.75 Å². The minimum atomic E-state index is -0.869. The van der Waals surface area contributed by atoms with Gasteiger partial charge in [-0.05, 0) is 79.3 Å². The molecule has 2 atom stereocenters. The Labute approximate surface area is 203 Å². The summed E-state index contributed by atoms with van der Waals surface area (Å²) in [6.45, 7) is 2.25. The van der Waals surface area contributed by atoms with Crippen molar-refractivity contribution in [3.63, 3.8) is 0 Å². The molecule has 1 heterocycles. The van der Waals surface area contributed by atoms with E-state index in [1.807, 2.05) is 6.07 Å². The Morgan fingerprint density at radius 3 is 2.17 bits per heavy atom. The lowest BCUT2D eigenvalue weighted by molar-refractivity contribution is 0.0963. The number of rotatable bonds is 7. The van der Waals surface area contributed by atoms with Crippen molar-refractivity contribution in [2.75, 3.05) is 6.61 Å². The van der Waals surface area contributed by atoms with Crippen molar-refractivity contribution in [1.29, 1.82) is 0 Å². The Morgan fingerprint density at radius 1 is 0.886 bits per heavy atom. The summed E-state index contributed by atoms with van der Waals surface area (Å²) in [6.07, 6.45) is 2.62. The van der Waals surface area contributed by atoms with Crippen molar-refractivity contribution in [1.82, 2.24) is 0 Å². The molecule has 1 aliphatic carbocycles. The molecule has 3 nitrogen and oxygen atoms in total. The maximum absolute atomic E-state index is 14.9. The Kier molecular flexibility index (Phi) is 6.85. The highest BCUT2D eigenvalue weighted by molar-refractivity contribution is 5.64. The molecule has 0 amide bonds. The largest absolute Gasteiger partial charge is 0.489 e. The zero-order valence-corrected chi connectivity index (χ0v) is 19.6. The smallest absolute Gasteiger partial charge is 0.165 e. The molecule has 1 saturated heterocycles. The molecule has 6 heteroatoms. The summed E-state index contributed by atoms with van der Waals surface area (Å²) in [7, 11) is 0. The van der Waals surface area contributed by atoms with E-state index in [1.54, 1.807) is 49.4 Å². The third-order valence-electron chi connectivity index (χ3n) is 7.35. The Balaban J connectivity index is 1.22. The average Bonchev–Trinajstić information content (AvgIpc) is 3.71. The van der Waals surface area contributed by atoms with Crippen LogP contribution in [0.25, 0.3) is 11.1 Å². The van der Waals surface area contributed by atoms with E-state index < -0.39 is 11.6 Å². The molecule has 1 N–H and O–H groups in total. The van der Waals surface area contributed by atoms with Crippen LogP contribution < -0.4 is 4.74 Å². The van der Waals surface area contributed by atoms with Gasteiger partial charge < -0.3 is 14.6 Å². The summed E-state index contributed by atoms with van der Waals surface area (Å²) < 4.78 is 54.8. The lowest BCUT2D eigenvalue weighted by Gasteiger charge is -2.30. The zero-order valence-electron chi connectivity index (χ0n) is 19.6. The SMILES string of the molecule is CC(O)C1CCC(c2ccc(COc3ccc(-c4ccc(C5CO5)c(F)c4)cc3)c(F)c2F)CC1. The third kappa shape index (κ3) is 5.24. The molecule has 35 heavy (non-hydrogen) atoms. The first-order valence-electron chi connectivity index (χ1n) is 12.2. The van der Waals surface area contributed by atoms with Gasteiger partial charge in [0.1, 0.15) is 24.3 Å². The molecule has 0 aromatic heterocycles. The summed E-state index contributed by atoms with van der Waals surface area (Å²) in [6, 6.07) is 15.4. The van der Waals surface area contributed by atoms with Crippen LogP contribution in [0.1, 0.15) is 61.3 Å². The summed E-state index contributed by atoms with van der Waals surface area (Å²) >= 11 is 0. The van der Waals surface area contributed by atoms with E-state index in [1.165, 1.54) is 6.07 Å². The molecule has 2 unspecified atom stereocenters. The highest BCUT2D eigenvalue weighted by Gasteiger charge is 2.29. The highest BCUT2D eigenvalue weighted by atomic mass is 19.2. The van der Waals surface area contributed by atoms with E-state index in [4.69, 9.17) is 9.47 Å². The first-order valence-corrected chi connectivity index (χ1v) is 12.2. The van der Waals surface area contributed by atoms with Crippen LogP contribution in [0, 0.1) is 23.4 Å². The number of aliphatic hydroxyl groups is 1. The highest BCUT2D eigenvalue weighted by Crippen LogP contribution is 2.39. The Hall–Kier alpha value is -2.83. The van der Waals surface area contributed by atoms with Gasteiger partial charge in [-0.1, -0.05) is 36.4 Å². The Morgan fingerprint density at radius 2 is 1.54 bits per heavy atom. The van der Waals surface area contributed by atoms with Crippen LogP contribution in [0.3, 0.4) is 0 Å². The first-order chi connectivity index (χ1) is 16.9. The number of hydrogen-bond acceptors (Lipinski definition) is 3. The molecule has 2 fully saturated rings. The number of aliphatic hydroxyl groups excluding tert-OH is 1. The monoisotopic (exact) mass is 482 g/mol. The molecule has 0 radical (unpaired) electrons. The molecule has 2 aliphatic rings. The van der Waals surface area contributed by atoms with Crippen molar-refractivity contribution in [3.05, 3.63) is 88.7 Å². The van der Waals surface area contributed by atoms with Crippen molar-refractivity contribution < 1.29 is 27.8 Å². The summed E-state index contributed by atoms with van der Waals surface area (Å²) in [5.41, 5.74) is 2.71. The number of hydrogen-bond donors (Lipinski definition) is 1. The lowest BCUT2D eigenvalue weighted by Crippen LogP contribution is -2.23. The van der Waals surface area contributed by atoms with Gasteiger partial charge in [0.2, 0.25) is 0 Å². The van der Waals surface area contributed by atoms with Gasteiger partial charge in [-0.15, -0.1) is 0 Å². The lowest BCUT2D eigenvalue weighted by atomic mass is 9.76. The van der Waals surface area contributed by atoms with Gasteiger partial charge in [0.15, 0.2) is 11.6 Å². The summed E-state index contributed by atoms with van der Waals surface area (Å²) in [5.74, 6) is -1.25. The van der Waals surface area contributed by atoms with Gasteiger partial charge in [-0.3, -0.25) is 0 Å². The van der Waals surface area contributed by atoms with Crippen molar-refractivity contribution in [3.8, 4) is 16.9 Å². The van der Waals surface area contributed by atoms with Crippen LogP contribution in [-0.2, 0) is 11.3 Å². The van der Waals surface area contributed by atoms with Gasteiger partial charge >= 0.3 is 0 Å². The van der Waals surface area contributed by atoms with Crippen molar-refractivity contribution in [2.24, 2.45) is 5.92 Å². The molecule has 1 aliphatic heterocycles. The number of ether oxygens (including phenoxy) is 2. The van der Waals surface area contributed by atoms with Gasteiger partial charge in [-0.25, -0.2) is 13.2 Å². The molecule has 3 aromatic carbocycles. The molecule has 3 aromatic rings. The van der Waals surface area contributed by atoms with Crippen molar-refractivity contribution >= 4 is 0 Å². The van der Waals surface area contributed by atoms with Crippen LogP contribution in [-0.4, -0.2) is 17.8 Å². The van der Waals surface area contributed by atoms with Crippen LogP contribution in [0.2, 0.25) is 0 Å². The third-order valence-corrected chi connectivity index (χ3v) is 7.35. The second-order valence-corrected chi connectivity index (χ2v) is 9.67. The fraction of sp³-hybridized carbons (Fsp3) is 0.379. The van der Waals surface area contributed by atoms with Crippen molar-refractivity contribution in [2.45, 2.75) is 57.3 Å². The normalized spacial score (nSPS) is 22.6. The molecular formula is C29H29F3O3. The first kappa shape index (κ1) is 23.9. The topological polar surface area (TPSA) is 42.0 Å². The van der Waals surface area contributed by atoms with E-state index >= 15 is 0 Å². The molecule has 184 valence electrons. The zero-order chi connectivity index (χ0) is 24.5. The Bertz CT molecular complexity index is 1180. The van der Waals surface area contributed by atoms with E-state index in [-0.39, 0.29) is 42.0 Å². The van der Waals surface area contributed by atoms with Crippen LogP contribution in [0.15, 0.2) is 54.6 Å². The van der Waals surface area contributed by atoms with Crippen LogP contribution in [0.4, 0.5) is 13.2 Å². The van der Waals surface area contributed by atoms with E-state index in [2.05, 4.69) is 0 Å². The van der Waals surface area contributed by atoms with Gasteiger partial charge in [0.25, 0.3) is 0 Å². The fourth-order valence-electron chi connectivity index (χ4n) is 5.04. The quantitative estimate of drug-likeness (QED) is 0.366. The second kappa shape index (κ2) is 10.0. The minimum Gasteiger partial charge on any atom is -0.489 e. The molecular weight excluding hydrogens is 453 g/mol. The maximum atomic E-state index is 14.9. The molecule has 0 bridgehead atoms. The number of halogens is 3. The van der Waals surface area contributed by atoms with Gasteiger partial charge in [0.05, 0.1) is 12.7 Å². The average molecular weight is 483 g/mol.